The number of carbonyl (C=O) groups excluding carboxylic acids is 4. The molecule has 11 N–H and O–H groups in total. The topological polar surface area (TPSA) is 248 Å². The van der Waals surface area contributed by atoms with Crippen molar-refractivity contribution < 1.29 is 29.1 Å². The summed E-state index contributed by atoms with van der Waals surface area (Å²) in [5.74, 6) is -3.83. The fraction of sp³-hybridized carbons (Fsp3) is 0.619. The second-order valence-electron chi connectivity index (χ2n) is 8.15. The number of rotatable bonds is 18. The smallest absolute Gasteiger partial charge is 0.326 e. The normalized spacial score (nSPS) is 14.2. The molecule has 1 aromatic rings. The van der Waals surface area contributed by atoms with Crippen LogP contribution in [0, 0.1) is 0 Å². The highest BCUT2D eigenvalue weighted by atomic mass is 32.2. The number of amides is 4. The number of aromatic nitrogens is 2. The molecule has 36 heavy (non-hydrogen) atoms. The molecule has 14 nitrogen and oxygen atoms in total. The number of carboxylic acids is 1. The second kappa shape index (κ2) is 16.5. The van der Waals surface area contributed by atoms with E-state index in [0.29, 0.717) is 30.8 Å². The predicted octanol–water partition coefficient (Wildman–Crippen LogP) is -2.42. The number of primary amides is 1. The molecule has 1 aromatic heterocycles. The Morgan fingerprint density at radius 2 is 1.67 bits per heavy atom. The van der Waals surface area contributed by atoms with Crippen molar-refractivity contribution in [1.82, 2.24) is 25.9 Å². The van der Waals surface area contributed by atoms with Gasteiger partial charge in [0.2, 0.25) is 23.6 Å². The molecule has 4 unspecified atom stereocenters. The van der Waals surface area contributed by atoms with E-state index in [1.54, 1.807) is 0 Å². The monoisotopic (exact) mass is 528 g/mol. The highest BCUT2D eigenvalue weighted by Gasteiger charge is 2.31. The fourth-order valence-electron chi connectivity index (χ4n) is 3.19. The van der Waals surface area contributed by atoms with Crippen molar-refractivity contribution in [1.29, 1.82) is 0 Å². The maximum Gasteiger partial charge on any atom is 0.326 e. The van der Waals surface area contributed by atoms with Gasteiger partial charge in [-0.15, -0.1) is 0 Å². The molecule has 0 aliphatic rings. The van der Waals surface area contributed by atoms with E-state index in [2.05, 4.69) is 25.9 Å². The summed E-state index contributed by atoms with van der Waals surface area (Å²) in [6, 6.07) is -4.62. The number of unbranched alkanes of at least 4 members (excludes halogenated alkanes) is 1. The number of hydrogen-bond acceptors (Lipinski definition) is 9. The molecule has 0 saturated carbocycles. The lowest BCUT2D eigenvalue weighted by Gasteiger charge is -2.25. The van der Waals surface area contributed by atoms with Gasteiger partial charge in [-0.2, -0.15) is 11.8 Å². The standard InChI is InChI=1S/C21H36N8O6S/c1-36-7-5-14(27-18(31)13(23)4-2-3-6-22)19(32)28-15(8-12-10-25-11-26-12)20(33)29-16(21(34)35)9-17(24)30/h10-11,13-16H,2-9,22-23H2,1H3,(H2,24,30)(H,25,26)(H,27,31)(H,28,32)(H,29,33)(H,34,35). The lowest BCUT2D eigenvalue weighted by Crippen LogP contribution is -2.58. The second-order valence-corrected chi connectivity index (χ2v) is 9.13. The van der Waals surface area contributed by atoms with Gasteiger partial charge in [-0.05, 0) is 37.8 Å². The summed E-state index contributed by atoms with van der Waals surface area (Å²) in [5, 5.41) is 16.7. The van der Waals surface area contributed by atoms with Crippen LogP contribution < -0.4 is 33.2 Å². The minimum atomic E-state index is -1.57. The van der Waals surface area contributed by atoms with Crippen molar-refractivity contribution >= 4 is 41.4 Å². The number of carbonyl (C=O) groups is 5. The predicted molar refractivity (Wildman–Crippen MR) is 133 cm³/mol. The average Bonchev–Trinajstić information content (AvgIpc) is 3.33. The van der Waals surface area contributed by atoms with Crippen LogP contribution in [0.3, 0.4) is 0 Å². The van der Waals surface area contributed by atoms with E-state index < -0.39 is 60.2 Å². The molecule has 1 rings (SSSR count). The van der Waals surface area contributed by atoms with E-state index in [1.807, 2.05) is 6.26 Å². The third kappa shape index (κ3) is 11.5. The molecule has 4 atom stereocenters. The van der Waals surface area contributed by atoms with E-state index in [9.17, 15) is 29.1 Å². The Morgan fingerprint density at radius 3 is 2.22 bits per heavy atom. The Bertz CT molecular complexity index is 869. The van der Waals surface area contributed by atoms with Gasteiger partial charge in [0.05, 0.1) is 18.8 Å². The number of imidazole rings is 1. The zero-order chi connectivity index (χ0) is 27.1. The Kier molecular flexibility index (Phi) is 14.1. The molecule has 0 aliphatic carbocycles. The van der Waals surface area contributed by atoms with Crippen LogP contribution >= 0.6 is 11.8 Å². The number of nitrogens with zero attached hydrogens (tertiary/aromatic N) is 1. The summed E-state index contributed by atoms with van der Waals surface area (Å²) in [4.78, 5) is 67.9. The van der Waals surface area contributed by atoms with Crippen LogP contribution in [0.5, 0.6) is 0 Å². The summed E-state index contributed by atoms with van der Waals surface area (Å²) < 4.78 is 0. The summed E-state index contributed by atoms with van der Waals surface area (Å²) >= 11 is 1.47. The van der Waals surface area contributed by atoms with Crippen LogP contribution in [0.15, 0.2) is 12.5 Å². The van der Waals surface area contributed by atoms with Crippen molar-refractivity contribution in [3.8, 4) is 0 Å². The third-order valence-electron chi connectivity index (χ3n) is 5.18. The van der Waals surface area contributed by atoms with Crippen LogP contribution in [0.2, 0.25) is 0 Å². The Labute approximate surface area is 213 Å². The number of H-pyrrole nitrogens is 1. The van der Waals surface area contributed by atoms with Gasteiger partial charge in [-0.25, -0.2) is 9.78 Å². The van der Waals surface area contributed by atoms with Gasteiger partial charge in [0.1, 0.15) is 18.1 Å². The molecule has 0 spiro atoms. The lowest BCUT2D eigenvalue weighted by atomic mass is 10.1. The Hall–Kier alpha value is -3.17. The fourth-order valence-corrected chi connectivity index (χ4v) is 3.67. The minimum absolute atomic E-state index is 0.0533. The number of nitrogens with one attached hydrogen (secondary N) is 4. The summed E-state index contributed by atoms with van der Waals surface area (Å²) in [5.41, 5.74) is 17.0. The number of thioether (sulfide) groups is 1. The first-order valence-corrected chi connectivity index (χ1v) is 12.8. The zero-order valence-electron chi connectivity index (χ0n) is 20.2. The average molecular weight is 529 g/mol. The van der Waals surface area contributed by atoms with Crippen molar-refractivity contribution in [2.45, 2.75) is 62.7 Å². The molecule has 0 fully saturated rings. The van der Waals surface area contributed by atoms with Gasteiger partial charge in [-0.3, -0.25) is 19.2 Å². The van der Waals surface area contributed by atoms with Gasteiger partial charge in [0, 0.05) is 18.3 Å². The van der Waals surface area contributed by atoms with E-state index in [1.165, 1.54) is 24.3 Å². The Balaban J connectivity index is 3.00. The highest BCUT2D eigenvalue weighted by Crippen LogP contribution is 2.06. The number of aliphatic carboxylic acids is 1. The first kappa shape index (κ1) is 30.9. The number of aromatic amines is 1. The third-order valence-corrected chi connectivity index (χ3v) is 5.83. The molecule has 4 amide bonds. The molecule has 15 heteroatoms. The zero-order valence-corrected chi connectivity index (χ0v) is 21.0. The van der Waals surface area contributed by atoms with Gasteiger partial charge in [0.15, 0.2) is 0 Å². The van der Waals surface area contributed by atoms with Crippen LogP contribution in [-0.2, 0) is 30.4 Å². The first-order valence-electron chi connectivity index (χ1n) is 11.4. The van der Waals surface area contributed by atoms with Crippen molar-refractivity contribution in [2.24, 2.45) is 17.2 Å². The number of nitrogens with two attached hydrogens (primary N) is 3. The first-order chi connectivity index (χ1) is 17.1. The maximum atomic E-state index is 13.1. The van der Waals surface area contributed by atoms with Crippen molar-refractivity contribution in [3.05, 3.63) is 18.2 Å². The number of carboxylic acid groups (broad SMARTS) is 1. The van der Waals surface area contributed by atoms with E-state index in [-0.39, 0.29) is 12.8 Å². The quantitative estimate of drug-likeness (QED) is 0.0936. The molecule has 0 bridgehead atoms. The molecule has 0 aromatic carbocycles. The van der Waals surface area contributed by atoms with Crippen LogP contribution in [-0.4, -0.2) is 87.4 Å². The van der Waals surface area contributed by atoms with Gasteiger partial charge >= 0.3 is 5.97 Å². The van der Waals surface area contributed by atoms with E-state index in [0.717, 1.165) is 6.42 Å². The molecule has 0 saturated heterocycles. The Morgan fingerprint density at radius 1 is 1.03 bits per heavy atom. The van der Waals surface area contributed by atoms with Crippen LogP contribution in [0.4, 0.5) is 0 Å². The van der Waals surface area contributed by atoms with Crippen LogP contribution in [0.1, 0.15) is 37.8 Å². The highest BCUT2D eigenvalue weighted by molar-refractivity contribution is 7.98. The molecular formula is C21H36N8O6S. The maximum absolute atomic E-state index is 13.1. The van der Waals surface area contributed by atoms with Gasteiger partial charge in [-0.1, -0.05) is 6.42 Å². The van der Waals surface area contributed by atoms with Gasteiger partial charge in [0.25, 0.3) is 0 Å². The number of hydrogen-bond donors (Lipinski definition) is 8. The molecular weight excluding hydrogens is 492 g/mol. The minimum Gasteiger partial charge on any atom is -0.480 e. The van der Waals surface area contributed by atoms with E-state index >= 15 is 0 Å². The molecule has 0 radical (unpaired) electrons. The SMILES string of the molecule is CSCCC(NC(=O)C(N)CCCCN)C(=O)NC(Cc1cnc[nH]1)C(=O)NC(CC(N)=O)C(=O)O. The summed E-state index contributed by atoms with van der Waals surface area (Å²) in [6.45, 7) is 0.481. The van der Waals surface area contributed by atoms with Crippen molar-refractivity contribution in [2.75, 3.05) is 18.6 Å². The largest absolute Gasteiger partial charge is 0.480 e. The van der Waals surface area contributed by atoms with Gasteiger partial charge < -0.3 is 43.2 Å². The molecule has 1 heterocycles. The molecule has 0 aliphatic heterocycles. The molecule has 202 valence electrons. The van der Waals surface area contributed by atoms with Crippen molar-refractivity contribution in [3.63, 3.8) is 0 Å². The lowest BCUT2D eigenvalue weighted by molar-refractivity contribution is -0.143. The summed E-state index contributed by atoms with van der Waals surface area (Å²) in [6.07, 6.45) is 6.04. The van der Waals surface area contributed by atoms with E-state index in [4.69, 9.17) is 17.2 Å². The van der Waals surface area contributed by atoms with Crippen LogP contribution in [0.25, 0.3) is 0 Å². The summed E-state index contributed by atoms with van der Waals surface area (Å²) in [7, 11) is 0.